The van der Waals surface area contributed by atoms with Crippen molar-refractivity contribution in [2.24, 2.45) is 0 Å². The van der Waals surface area contributed by atoms with Gasteiger partial charge in [0, 0.05) is 62.2 Å². The van der Waals surface area contributed by atoms with Gasteiger partial charge in [-0.15, -0.1) is 22.7 Å². The van der Waals surface area contributed by atoms with E-state index in [4.69, 9.17) is 0 Å². The van der Waals surface area contributed by atoms with Crippen LogP contribution in [-0.4, -0.2) is 4.57 Å². The van der Waals surface area contributed by atoms with Crippen LogP contribution in [0.25, 0.3) is 101 Å². The molecule has 11 aromatic rings. The zero-order chi connectivity index (χ0) is 35.7. The van der Waals surface area contributed by atoms with Gasteiger partial charge in [-0.3, -0.25) is 0 Å². The first-order valence-electron chi connectivity index (χ1n) is 18.7. The topological polar surface area (TPSA) is 4.93 Å². The summed E-state index contributed by atoms with van der Waals surface area (Å²) in [6.45, 7) is 4.83. The Hall–Kier alpha value is -6.00. The Bertz CT molecular complexity index is 3350. The Balaban J connectivity index is 1.04. The van der Waals surface area contributed by atoms with Crippen LogP contribution in [0.3, 0.4) is 0 Å². The van der Waals surface area contributed by atoms with Gasteiger partial charge in [0.05, 0.1) is 11.0 Å². The number of aromatic nitrogens is 1. The van der Waals surface area contributed by atoms with Gasteiger partial charge in [-0.25, -0.2) is 0 Å². The molecule has 0 bridgehead atoms. The van der Waals surface area contributed by atoms with Crippen LogP contribution in [-0.2, 0) is 5.41 Å². The van der Waals surface area contributed by atoms with Crippen molar-refractivity contribution in [3.05, 3.63) is 175 Å². The predicted octanol–water partition coefficient (Wildman–Crippen LogP) is 15.2. The summed E-state index contributed by atoms with van der Waals surface area (Å²) in [5, 5.41) is 8.00. The normalized spacial score (nSPS) is 13.5. The molecular formula is C51H33NS2. The van der Waals surface area contributed by atoms with Crippen molar-refractivity contribution in [2.75, 3.05) is 0 Å². The first-order chi connectivity index (χ1) is 26.5. The second kappa shape index (κ2) is 11.0. The van der Waals surface area contributed by atoms with E-state index in [1.165, 1.54) is 112 Å². The summed E-state index contributed by atoms with van der Waals surface area (Å²) in [7, 11) is 0. The maximum Gasteiger partial charge on any atom is 0.0547 e. The van der Waals surface area contributed by atoms with Gasteiger partial charge >= 0.3 is 0 Å². The van der Waals surface area contributed by atoms with E-state index in [1.807, 2.05) is 22.7 Å². The molecule has 0 N–H and O–H groups in total. The van der Waals surface area contributed by atoms with E-state index >= 15 is 0 Å². The SMILES string of the molecule is CC1(C)c2cc(-c3ccc4c5cc(-c6cccc7c6sc6ccccc67)ccc5n(-c5ccccc5)c4c3)ccc2-c2ccc3sc4ccccc4c3c21. The summed E-state index contributed by atoms with van der Waals surface area (Å²) < 4.78 is 7.87. The van der Waals surface area contributed by atoms with Gasteiger partial charge in [0.25, 0.3) is 0 Å². The van der Waals surface area contributed by atoms with Crippen LogP contribution in [0.4, 0.5) is 0 Å². The molecule has 0 atom stereocenters. The molecule has 0 saturated carbocycles. The fraction of sp³-hybridized carbons (Fsp3) is 0.0588. The molecule has 0 aliphatic heterocycles. The van der Waals surface area contributed by atoms with Crippen LogP contribution in [0.1, 0.15) is 25.0 Å². The lowest BCUT2D eigenvalue weighted by Gasteiger charge is -2.23. The number of benzene rings is 8. The van der Waals surface area contributed by atoms with Crippen molar-refractivity contribution in [1.82, 2.24) is 4.57 Å². The minimum absolute atomic E-state index is 0.124. The molecule has 8 aromatic carbocycles. The highest BCUT2D eigenvalue weighted by atomic mass is 32.1. The number of thiophene rings is 2. The highest BCUT2D eigenvalue weighted by Crippen LogP contribution is 2.54. The van der Waals surface area contributed by atoms with Crippen LogP contribution in [0.2, 0.25) is 0 Å². The third kappa shape index (κ3) is 4.14. The maximum absolute atomic E-state index is 2.47. The average Bonchev–Trinajstić information content (AvgIpc) is 3.94. The Labute approximate surface area is 321 Å². The van der Waals surface area contributed by atoms with E-state index in [9.17, 15) is 0 Å². The van der Waals surface area contributed by atoms with Crippen molar-refractivity contribution >= 4 is 84.8 Å². The zero-order valence-corrected chi connectivity index (χ0v) is 31.5. The van der Waals surface area contributed by atoms with Crippen LogP contribution in [0.15, 0.2) is 164 Å². The van der Waals surface area contributed by atoms with E-state index in [-0.39, 0.29) is 5.41 Å². The highest BCUT2D eigenvalue weighted by molar-refractivity contribution is 7.26. The highest BCUT2D eigenvalue weighted by Gasteiger charge is 2.38. The minimum atomic E-state index is -0.124. The third-order valence-corrected chi connectivity index (χ3v) is 14.3. The lowest BCUT2D eigenvalue weighted by atomic mass is 9.80. The average molecular weight is 724 g/mol. The number of rotatable bonds is 3. The quantitative estimate of drug-likeness (QED) is 0.171. The van der Waals surface area contributed by atoms with E-state index in [0.29, 0.717) is 0 Å². The van der Waals surface area contributed by atoms with Crippen molar-refractivity contribution in [3.63, 3.8) is 0 Å². The molecule has 0 saturated heterocycles. The fourth-order valence-corrected chi connectivity index (χ4v) is 11.9. The summed E-state index contributed by atoms with van der Waals surface area (Å²) in [6.07, 6.45) is 0. The van der Waals surface area contributed by atoms with Gasteiger partial charge in [-0.2, -0.15) is 0 Å². The summed E-state index contributed by atoms with van der Waals surface area (Å²) in [4.78, 5) is 0. The Kier molecular flexibility index (Phi) is 6.22. The van der Waals surface area contributed by atoms with Gasteiger partial charge in [-0.05, 0) is 99.1 Å². The lowest BCUT2D eigenvalue weighted by Crippen LogP contribution is -2.15. The van der Waals surface area contributed by atoms with Gasteiger partial charge < -0.3 is 4.57 Å². The number of fused-ring (bicyclic) bond motifs is 13. The van der Waals surface area contributed by atoms with Crippen molar-refractivity contribution in [2.45, 2.75) is 19.3 Å². The monoisotopic (exact) mass is 723 g/mol. The first kappa shape index (κ1) is 30.5. The molecule has 0 spiro atoms. The van der Waals surface area contributed by atoms with E-state index in [1.54, 1.807) is 0 Å². The molecule has 12 rings (SSSR count). The molecule has 3 aromatic heterocycles. The molecular weight excluding hydrogens is 691 g/mol. The summed E-state index contributed by atoms with van der Waals surface area (Å²) in [6, 6.07) is 61.3. The summed E-state index contributed by atoms with van der Waals surface area (Å²) >= 11 is 3.80. The van der Waals surface area contributed by atoms with E-state index < -0.39 is 0 Å². The van der Waals surface area contributed by atoms with Crippen LogP contribution >= 0.6 is 22.7 Å². The van der Waals surface area contributed by atoms with E-state index in [2.05, 4.69) is 182 Å². The Morgan fingerprint density at radius 2 is 1.13 bits per heavy atom. The molecule has 3 heteroatoms. The second-order valence-electron chi connectivity index (χ2n) is 15.3. The largest absolute Gasteiger partial charge is 0.309 e. The molecule has 0 unspecified atom stereocenters. The molecule has 0 radical (unpaired) electrons. The minimum Gasteiger partial charge on any atom is -0.309 e. The van der Waals surface area contributed by atoms with Crippen molar-refractivity contribution in [1.29, 1.82) is 0 Å². The van der Waals surface area contributed by atoms with Gasteiger partial charge in [0.2, 0.25) is 0 Å². The lowest BCUT2D eigenvalue weighted by molar-refractivity contribution is 0.667. The van der Waals surface area contributed by atoms with Gasteiger partial charge in [0.1, 0.15) is 0 Å². The number of hydrogen-bond donors (Lipinski definition) is 0. The summed E-state index contributed by atoms with van der Waals surface area (Å²) in [5.74, 6) is 0. The predicted molar refractivity (Wildman–Crippen MR) is 235 cm³/mol. The van der Waals surface area contributed by atoms with Gasteiger partial charge in [-0.1, -0.05) is 123 Å². The number of para-hydroxylation sites is 1. The molecule has 54 heavy (non-hydrogen) atoms. The molecule has 0 fully saturated rings. The van der Waals surface area contributed by atoms with Crippen LogP contribution < -0.4 is 0 Å². The molecule has 1 aliphatic rings. The standard InChI is InChI=1S/C51H33NS2/c1-51(2)42-28-30(19-22-35(42)38-24-26-47-48(49(38)51)40-14-7-9-18-46(40)53-47)31-20-23-36-41-27-32(21-25-43(41)52(44(36)29-31)33-11-4-3-5-12-33)34-15-10-16-39-37-13-6-8-17-45(37)54-50(34)39/h3-29H,1-2H3. The van der Waals surface area contributed by atoms with Crippen LogP contribution in [0, 0.1) is 0 Å². The smallest absolute Gasteiger partial charge is 0.0547 e. The van der Waals surface area contributed by atoms with E-state index in [0.717, 1.165) is 0 Å². The maximum atomic E-state index is 2.47. The van der Waals surface area contributed by atoms with Crippen LogP contribution in [0.5, 0.6) is 0 Å². The fourth-order valence-electron chi connectivity index (χ4n) is 9.50. The number of nitrogens with zero attached hydrogens (tertiary/aromatic N) is 1. The van der Waals surface area contributed by atoms with Crippen molar-refractivity contribution in [3.8, 4) is 39.1 Å². The van der Waals surface area contributed by atoms with Gasteiger partial charge in [0.15, 0.2) is 0 Å². The molecule has 3 heterocycles. The first-order valence-corrected chi connectivity index (χ1v) is 20.3. The molecule has 0 amide bonds. The molecule has 254 valence electrons. The summed E-state index contributed by atoms with van der Waals surface area (Å²) in [5.41, 5.74) is 14.1. The Morgan fingerprint density at radius 1 is 0.426 bits per heavy atom. The second-order valence-corrected chi connectivity index (χ2v) is 17.4. The molecule has 1 nitrogen and oxygen atoms in total. The zero-order valence-electron chi connectivity index (χ0n) is 29.9. The molecule has 1 aliphatic carbocycles. The van der Waals surface area contributed by atoms with Crippen molar-refractivity contribution < 1.29 is 0 Å². The third-order valence-electron chi connectivity index (χ3n) is 12.0. The number of hydrogen-bond acceptors (Lipinski definition) is 2. The Morgan fingerprint density at radius 3 is 2.00 bits per heavy atom.